The maximum atomic E-state index is 12.2. The minimum absolute atomic E-state index is 0.0649. The Morgan fingerprint density at radius 1 is 1.15 bits per heavy atom. The SMILES string of the molecule is CC(C)(C)CC(C)(C)NC(=O)COC(=O)c1cc(Cl)c2c(c1)OCCO2. The van der Waals surface area contributed by atoms with Crippen LogP contribution in [-0.4, -0.2) is 37.2 Å². The summed E-state index contributed by atoms with van der Waals surface area (Å²) in [7, 11) is 0. The van der Waals surface area contributed by atoms with Gasteiger partial charge in [0, 0.05) is 5.54 Å². The van der Waals surface area contributed by atoms with Crippen molar-refractivity contribution in [3.63, 3.8) is 0 Å². The van der Waals surface area contributed by atoms with E-state index in [-0.39, 0.29) is 28.5 Å². The Bertz CT molecular complexity index is 694. The lowest BCUT2D eigenvalue weighted by Crippen LogP contribution is -2.47. The van der Waals surface area contributed by atoms with E-state index in [9.17, 15) is 9.59 Å². The predicted octanol–water partition coefficient (Wildman–Crippen LogP) is 3.60. The van der Waals surface area contributed by atoms with Crippen LogP contribution in [0.2, 0.25) is 5.02 Å². The smallest absolute Gasteiger partial charge is 0.338 e. The van der Waals surface area contributed by atoms with Crippen molar-refractivity contribution in [2.45, 2.75) is 46.6 Å². The molecule has 0 radical (unpaired) electrons. The molecule has 0 aromatic heterocycles. The molecule has 1 aliphatic heterocycles. The Kier molecular flexibility index (Phi) is 6.06. The molecule has 0 saturated carbocycles. The van der Waals surface area contributed by atoms with Gasteiger partial charge >= 0.3 is 5.97 Å². The van der Waals surface area contributed by atoms with Gasteiger partial charge in [0.05, 0.1) is 10.6 Å². The average molecular weight is 384 g/mol. The standard InChI is InChI=1S/C19H26ClNO5/c1-18(2,3)11-19(4,5)21-15(22)10-26-17(23)12-8-13(20)16-14(9-12)24-6-7-25-16/h8-9H,6-7,10-11H2,1-5H3,(H,21,22). The van der Waals surface area contributed by atoms with Gasteiger partial charge in [-0.1, -0.05) is 32.4 Å². The molecule has 1 heterocycles. The minimum Gasteiger partial charge on any atom is -0.486 e. The summed E-state index contributed by atoms with van der Waals surface area (Å²) in [6.07, 6.45) is 0.789. The van der Waals surface area contributed by atoms with Gasteiger partial charge in [-0.15, -0.1) is 0 Å². The summed E-state index contributed by atoms with van der Waals surface area (Å²) in [4.78, 5) is 24.3. The third-order valence-electron chi connectivity index (χ3n) is 3.62. The number of nitrogens with one attached hydrogen (secondary N) is 1. The van der Waals surface area contributed by atoms with E-state index in [1.807, 2.05) is 13.8 Å². The van der Waals surface area contributed by atoms with Crippen LogP contribution in [0.3, 0.4) is 0 Å². The fourth-order valence-corrected chi connectivity index (χ4v) is 3.49. The van der Waals surface area contributed by atoms with Crippen LogP contribution in [0.1, 0.15) is 51.4 Å². The van der Waals surface area contributed by atoms with E-state index >= 15 is 0 Å². The normalized spacial score (nSPS) is 13.9. The minimum atomic E-state index is -0.646. The van der Waals surface area contributed by atoms with Crippen molar-refractivity contribution >= 4 is 23.5 Å². The Morgan fingerprint density at radius 2 is 1.81 bits per heavy atom. The lowest BCUT2D eigenvalue weighted by Gasteiger charge is -2.33. The number of fused-ring (bicyclic) bond motifs is 1. The third-order valence-corrected chi connectivity index (χ3v) is 3.90. The van der Waals surface area contributed by atoms with E-state index in [4.69, 9.17) is 25.8 Å². The van der Waals surface area contributed by atoms with Crippen LogP contribution >= 0.6 is 11.6 Å². The molecular weight excluding hydrogens is 358 g/mol. The third kappa shape index (κ3) is 5.80. The van der Waals surface area contributed by atoms with Gasteiger partial charge in [0.1, 0.15) is 13.2 Å². The Balaban J connectivity index is 1.94. The topological polar surface area (TPSA) is 73.9 Å². The van der Waals surface area contributed by atoms with Gasteiger partial charge < -0.3 is 19.5 Å². The monoisotopic (exact) mass is 383 g/mol. The molecule has 7 heteroatoms. The van der Waals surface area contributed by atoms with Crippen LogP contribution in [0.5, 0.6) is 11.5 Å². The van der Waals surface area contributed by atoms with Crippen molar-refractivity contribution in [3.8, 4) is 11.5 Å². The van der Waals surface area contributed by atoms with Gasteiger partial charge in [-0.2, -0.15) is 0 Å². The zero-order chi connectivity index (χ0) is 19.5. The number of benzene rings is 1. The summed E-state index contributed by atoms with van der Waals surface area (Å²) in [6.45, 7) is 10.6. The molecule has 0 bridgehead atoms. The summed E-state index contributed by atoms with van der Waals surface area (Å²) in [6, 6.07) is 2.95. The van der Waals surface area contributed by atoms with Gasteiger partial charge in [0.15, 0.2) is 18.1 Å². The fourth-order valence-electron chi connectivity index (χ4n) is 3.23. The van der Waals surface area contributed by atoms with E-state index in [0.717, 1.165) is 6.42 Å². The zero-order valence-corrected chi connectivity index (χ0v) is 16.7. The predicted molar refractivity (Wildman–Crippen MR) is 99.0 cm³/mol. The summed E-state index contributed by atoms with van der Waals surface area (Å²) in [5, 5.41) is 3.16. The first-order valence-corrected chi connectivity index (χ1v) is 8.92. The number of carbonyl (C=O) groups excluding carboxylic acids is 2. The molecule has 0 fully saturated rings. The van der Waals surface area contributed by atoms with E-state index in [1.165, 1.54) is 12.1 Å². The Labute approximate surface area is 159 Å². The second-order valence-electron chi connectivity index (χ2n) is 8.23. The molecule has 0 aliphatic carbocycles. The van der Waals surface area contributed by atoms with Gasteiger partial charge in [0.2, 0.25) is 0 Å². The summed E-state index contributed by atoms with van der Waals surface area (Å²) >= 11 is 6.11. The van der Waals surface area contributed by atoms with E-state index in [1.54, 1.807) is 0 Å². The van der Waals surface area contributed by atoms with Crippen molar-refractivity contribution in [3.05, 3.63) is 22.7 Å². The number of hydrogen-bond acceptors (Lipinski definition) is 5. The lowest BCUT2D eigenvalue weighted by atomic mass is 9.82. The maximum Gasteiger partial charge on any atom is 0.338 e. The molecule has 1 aromatic carbocycles. The number of amides is 1. The number of halogens is 1. The second kappa shape index (κ2) is 7.74. The number of hydrogen-bond donors (Lipinski definition) is 1. The van der Waals surface area contributed by atoms with Gasteiger partial charge in [0.25, 0.3) is 5.91 Å². The molecule has 0 spiro atoms. The number of esters is 1. The average Bonchev–Trinajstić information content (AvgIpc) is 2.49. The highest BCUT2D eigenvalue weighted by molar-refractivity contribution is 6.32. The molecule has 0 saturated heterocycles. The van der Waals surface area contributed by atoms with Gasteiger partial charge in [-0.25, -0.2) is 4.79 Å². The first kappa shape index (κ1) is 20.4. The quantitative estimate of drug-likeness (QED) is 0.786. The zero-order valence-electron chi connectivity index (χ0n) is 15.9. The first-order valence-electron chi connectivity index (χ1n) is 8.54. The van der Waals surface area contributed by atoms with Crippen molar-refractivity contribution in [2.75, 3.05) is 19.8 Å². The fraction of sp³-hybridized carbons (Fsp3) is 0.579. The molecule has 144 valence electrons. The highest BCUT2D eigenvalue weighted by Crippen LogP contribution is 2.38. The molecule has 0 unspecified atom stereocenters. The molecular formula is C19H26ClNO5. The molecule has 26 heavy (non-hydrogen) atoms. The van der Waals surface area contributed by atoms with E-state index < -0.39 is 11.5 Å². The number of ether oxygens (including phenoxy) is 3. The summed E-state index contributed by atoms with van der Waals surface area (Å²) in [5.74, 6) is -0.188. The Morgan fingerprint density at radius 3 is 2.46 bits per heavy atom. The molecule has 6 nitrogen and oxygen atoms in total. The van der Waals surface area contributed by atoms with Crippen LogP contribution in [0.15, 0.2) is 12.1 Å². The largest absolute Gasteiger partial charge is 0.486 e. The number of carbonyl (C=O) groups is 2. The highest BCUT2D eigenvalue weighted by Gasteiger charge is 2.27. The molecule has 2 rings (SSSR count). The Hall–Kier alpha value is -1.95. The molecule has 1 amide bonds. The first-order chi connectivity index (χ1) is 12.0. The molecule has 0 atom stereocenters. The summed E-state index contributed by atoms with van der Waals surface area (Å²) < 4.78 is 16.0. The molecule has 1 aliphatic rings. The van der Waals surface area contributed by atoms with Crippen LogP contribution in [0, 0.1) is 5.41 Å². The van der Waals surface area contributed by atoms with Crippen molar-refractivity contribution in [1.29, 1.82) is 0 Å². The molecule has 1 aromatic rings. The van der Waals surface area contributed by atoms with Crippen LogP contribution in [0.25, 0.3) is 0 Å². The van der Waals surface area contributed by atoms with Crippen molar-refractivity contribution in [2.24, 2.45) is 5.41 Å². The van der Waals surface area contributed by atoms with Gasteiger partial charge in [-0.05, 0) is 37.8 Å². The maximum absolute atomic E-state index is 12.2. The highest BCUT2D eigenvalue weighted by atomic mass is 35.5. The summed E-state index contributed by atoms with van der Waals surface area (Å²) in [5.41, 5.74) is -0.127. The van der Waals surface area contributed by atoms with Crippen LogP contribution in [-0.2, 0) is 9.53 Å². The van der Waals surface area contributed by atoms with E-state index in [0.29, 0.717) is 24.7 Å². The van der Waals surface area contributed by atoms with Crippen LogP contribution < -0.4 is 14.8 Å². The van der Waals surface area contributed by atoms with Crippen molar-refractivity contribution < 1.29 is 23.8 Å². The van der Waals surface area contributed by atoms with Crippen molar-refractivity contribution in [1.82, 2.24) is 5.32 Å². The second-order valence-corrected chi connectivity index (χ2v) is 8.64. The van der Waals surface area contributed by atoms with Crippen LogP contribution in [0.4, 0.5) is 0 Å². The lowest BCUT2D eigenvalue weighted by molar-refractivity contribution is -0.126. The van der Waals surface area contributed by atoms with Gasteiger partial charge in [-0.3, -0.25) is 4.79 Å². The number of rotatable bonds is 5. The van der Waals surface area contributed by atoms with E-state index in [2.05, 4.69) is 26.1 Å². The molecule has 1 N–H and O–H groups in total.